The second-order valence-corrected chi connectivity index (χ2v) is 10.1. The van der Waals surface area contributed by atoms with E-state index in [1.165, 1.54) is 0 Å². The Bertz CT molecular complexity index is 895. The van der Waals surface area contributed by atoms with Crippen LogP contribution in [-0.4, -0.2) is 75.5 Å². The average Bonchev–Trinajstić information content (AvgIpc) is 3.07. The highest BCUT2D eigenvalue weighted by atomic mass is 32.2. The second kappa shape index (κ2) is 6.60. The molecule has 0 radical (unpaired) electrons. The smallest absolute Gasteiger partial charge is 0.243 e. The fraction of sp³-hybridized carbons (Fsp3) is 0.632. The molecule has 1 spiro atoms. The number of benzene rings is 1. The molecule has 5 rings (SSSR count). The molecule has 3 fully saturated rings. The molecule has 28 heavy (non-hydrogen) atoms. The first-order valence-electron chi connectivity index (χ1n) is 9.89. The Balaban J connectivity index is 1.31. The molecule has 3 saturated heterocycles. The Hall–Kier alpha value is -1.84. The van der Waals surface area contributed by atoms with E-state index in [1.54, 1.807) is 22.5 Å². The van der Waals surface area contributed by atoms with E-state index in [0.29, 0.717) is 44.3 Å². The molecule has 4 aliphatic heterocycles. The summed E-state index contributed by atoms with van der Waals surface area (Å²) >= 11 is 0. The highest BCUT2D eigenvalue weighted by Gasteiger charge is 2.49. The molecule has 0 aromatic heterocycles. The normalized spacial score (nSPS) is 27.4. The molecule has 152 valence electrons. The molecule has 1 unspecified atom stereocenters. The van der Waals surface area contributed by atoms with Crippen LogP contribution in [0.3, 0.4) is 0 Å². The summed E-state index contributed by atoms with van der Waals surface area (Å²) in [4.78, 5) is 14.7. The number of nitrogens with one attached hydrogen (secondary N) is 1. The van der Waals surface area contributed by atoms with Gasteiger partial charge < -0.3 is 14.8 Å². The molecule has 4 aliphatic rings. The van der Waals surface area contributed by atoms with Gasteiger partial charge in [-0.25, -0.2) is 8.42 Å². The van der Waals surface area contributed by atoms with E-state index in [1.807, 2.05) is 0 Å². The number of ether oxygens (including phenoxy) is 2. The molecule has 1 atom stereocenters. The van der Waals surface area contributed by atoms with Crippen LogP contribution in [0.15, 0.2) is 23.1 Å². The monoisotopic (exact) mass is 407 g/mol. The van der Waals surface area contributed by atoms with Gasteiger partial charge in [0.05, 0.1) is 10.9 Å². The van der Waals surface area contributed by atoms with Crippen LogP contribution in [-0.2, 0) is 14.8 Å². The lowest BCUT2D eigenvalue weighted by Gasteiger charge is -2.38. The Kier molecular flexibility index (Phi) is 4.29. The van der Waals surface area contributed by atoms with Crippen molar-refractivity contribution in [3.63, 3.8) is 0 Å². The topological polar surface area (TPSA) is 88.2 Å². The zero-order valence-electron chi connectivity index (χ0n) is 15.7. The van der Waals surface area contributed by atoms with Crippen molar-refractivity contribution < 1.29 is 22.7 Å². The van der Waals surface area contributed by atoms with Crippen molar-refractivity contribution >= 4 is 15.9 Å². The number of hydrogen-bond acceptors (Lipinski definition) is 6. The van der Waals surface area contributed by atoms with Gasteiger partial charge in [-0.3, -0.25) is 9.69 Å². The summed E-state index contributed by atoms with van der Waals surface area (Å²) in [5, 5.41) is 2.95. The Labute approximate surface area is 164 Å². The van der Waals surface area contributed by atoms with Gasteiger partial charge in [0.2, 0.25) is 15.9 Å². The molecular formula is C19H25N3O5S. The van der Waals surface area contributed by atoms with Crippen molar-refractivity contribution in [2.24, 2.45) is 5.41 Å². The van der Waals surface area contributed by atoms with Gasteiger partial charge in [0.1, 0.15) is 13.2 Å². The molecule has 8 nitrogen and oxygen atoms in total. The van der Waals surface area contributed by atoms with Gasteiger partial charge in [0.25, 0.3) is 0 Å². The third-order valence-electron chi connectivity index (χ3n) is 6.54. The van der Waals surface area contributed by atoms with Crippen LogP contribution in [0.1, 0.15) is 19.3 Å². The predicted octanol–water partition coefficient (Wildman–Crippen LogP) is 0.433. The second-order valence-electron chi connectivity index (χ2n) is 8.19. The molecular weight excluding hydrogens is 382 g/mol. The first kappa shape index (κ1) is 18.2. The lowest BCUT2D eigenvalue weighted by molar-refractivity contribution is -0.127. The summed E-state index contributed by atoms with van der Waals surface area (Å²) in [7, 11) is -3.57. The summed E-state index contributed by atoms with van der Waals surface area (Å²) < 4.78 is 38.9. The van der Waals surface area contributed by atoms with Gasteiger partial charge in [0.15, 0.2) is 11.5 Å². The maximum Gasteiger partial charge on any atom is 0.243 e. The number of hydrogen-bond donors (Lipinski definition) is 1. The van der Waals surface area contributed by atoms with Gasteiger partial charge in [-0.05, 0) is 36.8 Å². The molecule has 0 saturated carbocycles. The molecule has 0 aliphatic carbocycles. The number of sulfonamides is 1. The number of piperidine rings is 1. The van der Waals surface area contributed by atoms with E-state index in [4.69, 9.17) is 9.47 Å². The minimum absolute atomic E-state index is 0.0466. The van der Waals surface area contributed by atoms with Gasteiger partial charge in [-0.2, -0.15) is 4.31 Å². The van der Waals surface area contributed by atoms with Crippen molar-refractivity contribution in [1.29, 1.82) is 0 Å². The number of rotatable bonds is 2. The Morgan fingerprint density at radius 3 is 2.57 bits per heavy atom. The zero-order chi connectivity index (χ0) is 19.4. The quantitative estimate of drug-likeness (QED) is 0.765. The summed E-state index contributed by atoms with van der Waals surface area (Å²) in [5.74, 6) is 1.19. The fourth-order valence-electron chi connectivity index (χ4n) is 4.98. The summed E-state index contributed by atoms with van der Waals surface area (Å²) in [6.45, 7) is 4.35. The summed E-state index contributed by atoms with van der Waals surface area (Å²) in [6, 6.07) is 4.77. The predicted molar refractivity (Wildman–Crippen MR) is 101 cm³/mol. The van der Waals surface area contributed by atoms with Crippen molar-refractivity contribution in [1.82, 2.24) is 14.5 Å². The van der Waals surface area contributed by atoms with Crippen LogP contribution < -0.4 is 14.8 Å². The zero-order valence-corrected chi connectivity index (χ0v) is 16.5. The number of carbonyl (C=O) groups excluding carboxylic acids is 1. The molecule has 4 heterocycles. The van der Waals surface area contributed by atoms with E-state index < -0.39 is 10.0 Å². The SMILES string of the molecule is O=C1NCCN2CC3(CCN(S(=O)(=O)c4ccc5c(c4)OCCO5)CC3)CC12. The maximum absolute atomic E-state index is 13.1. The Morgan fingerprint density at radius 1 is 1.07 bits per heavy atom. The van der Waals surface area contributed by atoms with E-state index in [0.717, 1.165) is 32.4 Å². The van der Waals surface area contributed by atoms with Gasteiger partial charge >= 0.3 is 0 Å². The molecule has 0 bridgehead atoms. The van der Waals surface area contributed by atoms with Crippen LogP contribution in [0.2, 0.25) is 0 Å². The van der Waals surface area contributed by atoms with Gasteiger partial charge in [-0.15, -0.1) is 0 Å². The first-order valence-corrected chi connectivity index (χ1v) is 11.3. The largest absolute Gasteiger partial charge is 0.486 e. The van der Waals surface area contributed by atoms with Crippen LogP contribution in [0.5, 0.6) is 11.5 Å². The van der Waals surface area contributed by atoms with Crippen LogP contribution in [0.25, 0.3) is 0 Å². The summed E-state index contributed by atoms with van der Waals surface area (Å²) in [5.41, 5.74) is 0.0468. The van der Waals surface area contributed by atoms with Crippen LogP contribution >= 0.6 is 0 Å². The van der Waals surface area contributed by atoms with Gasteiger partial charge in [0, 0.05) is 38.8 Å². The van der Waals surface area contributed by atoms with Crippen LogP contribution in [0, 0.1) is 5.41 Å². The van der Waals surface area contributed by atoms with E-state index >= 15 is 0 Å². The average molecular weight is 407 g/mol. The van der Waals surface area contributed by atoms with Crippen molar-refractivity contribution in [3.05, 3.63) is 18.2 Å². The molecule has 1 amide bonds. The minimum Gasteiger partial charge on any atom is -0.486 e. The lowest BCUT2D eigenvalue weighted by atomic mass is 9.77. The van der Waals surface area contributed by atoms with Crippen LogP contribution in [0.4, 0.5) is 0 Å². The Morgan fingerprint density at radius 2 is 1.82 bits per heavy atom. The van der Waals surface area contributed by atoms with Gasteiger partial charge in [-0.1, -0.05) is 0 Å². The maximum atomic E-state index is 13.1. The molecule has 1 N–H and O–H groups in total. The van der Waals surface area contributed by atoms with E-state index in [2.05, 4.69) is 10.2 Å². The number of piperazine rings is 1. The van der Waals surface area contributed by atoms with E-state index in [9.17, 15) is 13.2 Å². The number of nitrogens with zero attached hydrogens (tertiary/aromatic N) is 2. The van der Waals surface area contributed by atoms with Crippen molar-refractivity contribution in [2.45, 2.75) is 30.2 Å². The third-order valence-corrected chi connectivity index (χ3v) is 8.44. The number of fused-ring (bicyclic) bond motifs is 2. The first-order chi connectivity index (χ1) is 13.5. The number of carbonyl (C=O) groups is 1. The summed E-state index contributed by atoms with van der Waals surface area (Å²) in [6.07, 6.45) is 2.41. The molecule has 1 aromatic carbocycles. The standard InChI is InChI=1S/C19H25N3O5S/c23-18-15-12-19(13-21(15)8-5-20-18)3-6-22(7-4-19)28(24,25)14-1-2-16-17(11-14)27-10-9-26-16/h1-2,11,15H,3-10,12-13H2,(H,20,23). The van der Waals surface area contributed by atoms with E-state index in [-0.39, 0.29) is 22.3 Å². The third kappa shape index (κ3) is 2.96. The molecule has 9 heteroatoms. The highest BCUT2D eigenvalue weighted by Crippen LogP contribution is 2.45. The lowest BCUT2D eigenvalue weighted by Crippen LogP contribution is -2.52. The molecule has 1 aromatic rings. The number of amides is 1. The van der Waals surface area contributed by atoms with Crippen molar-refractivity contribution in [3.8, 4) is 11.5 Å². The fourth-order valence-corrected chi connectivity index (χ4v) is 6.43. The highest BCUT2D eigenvalue weighted by molar-refractivity contribution is 7.89. The minimum atomic E-state index is -3.57. The van der Waals surface area contributed by atoms with Crippen molar-refractivity contribution in [2.75, 3.05) is 45.9 Å².